The van der Waals surface area contributed by atoms with E-state index in [0.717, 1.165) is 23.7 Å². The highest BCUT2D eigenvalue weighted by atomic mass is 15.0. The zero-order valence-corrected chi connectivity index (χ0v) is 11.2. The Morgan fingerprint density at radius 2 is 1.42 bits per heavy atom. The summed E-state index contributed by atoms with van der Waals surface area (Å²) in [5, 5.41) is 11.1. The first-order valence-corrected chi connectivity index (χ1v) is 6.88. The van der Waals surface area contributed by atoms with Crippen LogP contribution >= 0.6 is 0 Å². The van der Waals surface area contributed by atoms with Crippen molar-refractivity contribution in [3.8, 4) is 0 Å². The zero-order valence-electron chi connectivity index (χ0n) is 11.2. The highest BCUT2D eigenvalue weighted by Crippen LogP contribution is 2.19. The van der Waals surface area contributed by atoms with E-state index in [9.17, 15) is 0 Å². The predicted molar refractivity (Wildman–Crippen MR) is 80.2 cm³/mol. The van der Waals surface area contributed by atoms with Crippen molar-refractivity contribution >= 4 is 21.8 Å². The molecule has 0 saturated carbocycles. The molecule has 0 aliphatic rings. The molecule has 2 nitrogen and oxygen atoms in total. The number of hydrogen-bond acceptors (Lipinski definition) is 1. The first-order valence-electron chi connectivity index (χ1n) is 6.88. The Bertz CT molecular complexity index is 724. The molecule has 19 heavy (non-hydrogen) atoms. The Balaban J connectivity index is 2.45. The fraction of sp³-hybridized carbons (Fsp3) is 0.235. The standard InChI is InChI=1S/C17H18N2/c1-2-3-12-19-15-10-6-4-8-13(15)17(18)14-9-5-7-11-16(14)19/h4-11,18H,2-3,12H2,1H3. The van der Waals surface area contributed by atoms with Crippen LogP contribution in [0.1, 0.15) is 19.8 Å². The second-order valence-electron chi connectivity index (χ2n) is 4.91. The Kier molecular flexibility index (Phi) is 3.08. The number of hydrogen-bond donors (Lipinski definition) is 1. The highest BCUT2D eigenvalue weighted by molar-refractivity contribution is 5.92. The number of pyridine rings is 1. The minimum absolute atomic E-state index is 0.638. The summed E-state index contributed by atoms with van der Waals surface area (Å²) in [7, 11) is 0. The first kappa shape index (κ1) is 12.0. The third kappa shape index (κ3) is 1.93. The highest BCUT2D eigenvalue weighted by Gasteiger charge is 2.07. The van der Waals surface area contributed by atoms with Gasteiger partial charge in [-0.25, -0.2) is 0 Å². The lowest BCUT2D eigenvalue weighted by Crippen LogP contribution is -2.11. The molecule has 0 saturated heterocycles. The van der Waals surface area contributed by atoms with Gasteiger partial charge < -0.3 is 4.57 Å². The van der Waals surface area contributed by atoms with E-state index >= 15 is 0 Å². The molecule has 0 fully saturated rings. The third-order valence-electron chi connectivity index (χ3n) is 3.66. The van der Waals surface area contributed by atoms with Gasteiger partial charge in [-0.15, -0.1) is 0 Å². The van der Waals surface area contributed by atoms with Gasteiger partial charge in [0.05, 0.1) is 16.4 Å². The second kappa shape index (κ2) is 4.88. The molecule has 1 aromatic heterocycles. The van der Waals surface area contributed by atoms with E-state index in [-0.39, 0.29) is 0 Å². The SMILES string of the molecule is CCCCn1c2ccccc2c(=N)c2ccccc21. The number of nitrogens with one attached hydrogen (secondary N) is 1. The molecule has 0 spiro atoms. The summed E-state index contributed by atoms with van der Waals surface area (Å²) in [6.07, 6.45) is 2.34. The fourth-order valence-electron chi connectivity index (χ4n) is 2.67. The predicted octanol–water partition coefficient (Wildman–Crippen LogP) is 4.07. The molecule has 1 N–H and O–H groups in total. The molecule has 3 rings (SSSR count). The molecule has 0 aliphatic carbocycles. The molecule has 2 aromatic carbocycles. The van der Waals surface area contributed by atoms with Crippen molar-refractivity contribution < 1.29 is 0 Å². The number of nitrogens with zero attached hydrogens (tertiary/aromatic N) is 1. The monoisotopic (exact) mass is 250 g/mol. The maximum Gasteiger partial charge on any atom is 0.0726 e. The summed E-state index contributed by atoms with van der Waals surface area (Å²) in [5.74, 6) is 0. The quantitative estimate of drug-likeness (QED) is 0.679. The molecular weight excluding hydrogens is 232 g/mol. The number of fused-ring (bicyclic) bond motifs is 2. The summed E-state index contributed by atoms with van der Waals surface area (Å²) in [6, 6.07) is 16.5. The lowest BCUT2D eigenvalue weighted by Gasteiger charge is -2.15. The van der Waals surface area contributed by atoms with Gasteiger partial charge in [-0.05, 0) is 18.6 Å². The van der Waals surface area contributed by atoms with Crippen molar-refractivity contribution in [1.82, 2.24) is 4.57 Å². The van der Waals surface area contributed by atoms with Crippen LogP contribution in [0.2, 0.25) is 0 Å². The van der Waals surface area contributed by atoms with Crippen LogP contribution in [0.5, 0.6) is 0 Å². The third-order valence-corrected chi connectivity index (χ3v) is 3.66. The topological polar surface area (TPSA) is 28.8 Å². The molecule has 2 heteroatoms. The van der Waals surface area contributed by atoms with Gasteiger partial charge in [-0.2, -0.15) is 0 Å². The molecule has 0 atom stereocenters. The maximum atomic E-state index is 8.39. The van der Waals surface area contributed by atoms with Crippen molar-refractivity contribution in [1.29, 1.82) is 5.41 Å². The van der Waals surface area contributed by atoms with Gasteiger partial charge in [0.1, 0.15) is 0 Å². The Hall–Kier alpha value is -2.09. The van der Waals surface area contributed by atoms with Gasteiger partial charge in [-0.1, -0.05) is 49.7 Å². The summed E-state index contributed by atoms with van der Waals surface area (Å²) in [6.45, 7) is 3.22. The molecule has 0 bridgehead atoms. The molecule has 0 unspecified atom stereocenters. The van der Waals surface area contributed by atoms with E-state index in [1.165, 1.54) is 17.5 Å². The minimum atomic E-state index is 0.638. The first-order chi connectivity index (χ1) is 9.33. The Morgan fingerprint density at radius 1 is 0.895 bits per heavy atom. The van der Waals surface area contributed by atoms with Crippen LogP contribution in [0.25, 0.3) is 21.8 Å². The molecule has 1 heterocycles. The van der Waals surface area contributed by atoms with E-state index in [1.54, 1.807) is 0 Å². The molecule has 0 radical (unpaired) electrons. The Morgan fingerprint density at radius 3 is 1.95 bits per heavy atom. The van der Waals surface area contributed by atoms with Gasteiger partial charge >= 0.3 is 0 Å². The summed E-state index contributed by atoms with van der Waals surface area (Å²) in [5.41, 5.74) is 2.33. The van der Waals surface area contributed by atoms with Crippen molar-refractivity contribution in [2.45, 2.75) is 26.3 Å². The van der Waals surface area contributed by atoms with Crippen LogP contribution in [0.4, 0.5) is 0 Å². The van der Waals surface area contributed by atoms with Crippen molar-refractivity contribution in [2.24, 2.45) is 0 Å². The normalized spacial score (nSPS) is 11.2. The van der Waals surface area contributed by atoms with Crippen molar-refractivity contribution in [3.63, 3.8) is 0 Å². The van der Waals surface area contributed by atoms with Crippen LogP contribution in [0, 0.1) is 5.41 Å². The van der Waals surface area contributed by atoms with Gasteiger partial charge in [0, 0.05) is 17.3 Å². The van der Waals surface area contributed by atoms with E-state index in [0.29, 0.717) is 5.36 Å². The lowest BCUT2D eigenvalue weighted by molar-refractivity contribution is 0.662. The van der Waals surface area contributed by atoms with Crippen LogP contribution < -0.4 is 5.36 Å². The summed E-state index contributed by atoms with van der Waals surface area (Å²) in [4.78, 5) is 0. The number of aromatic nitrogens is 1. The van der Waals surface area contributed by atoms with Gasteiger partial charge in [0.2, 0.25) is 0 Å². The largest absolute Gasteiger partial charge is 0.340 e. The number of benzene rings is 2. The summed E-state index contributed by atoms with van der Waals surface area (Å²) < 4.78 is 2.35. The van der Waals surface area contributed by atoms with Gasteiger partial charge in [0.25, 0.3) is 0 Å². The second-order valence-corrected chi connectivity index (χ2v) is 4.91. The van der Waals surface area contributed by atoms with E-state index in [1.807, 2.05) is 24.3 Å². The number of aryl methyl sites for hydroxylation is 1. The van der Waals surface area contributed by atoms with E-state index in [2.05, 4.69) is 35.8 Å². The Labute approximate surface area is 112 Å². The minimum Gasteiger partial charge on any atom is -0.340 e. The zero-order chi connectivity index (χ0) is 13.2. The van der Waals surface area contributed by atoms with Crippen LogP contribution in [0.3, 0.4) is 0 Å². The van der Waals surface area contributed by atoms with Crippen molar-refractivity contribution in [3.05, 3.63) is 53.9 Å². The van der Waals surface area contributed by atoms with Crippen LogP contribution in [-0.2, 0) is 6.54 Å². The summed E-state index contributed by atoms with van der Waals surface area (Å²) >= 11 is 0. The average molecular weight is 250 g/mol. The smallest absolute Gasteiger partial charge is 0.0726 e. The lowest BCUT2D eigenvalue weighted by atomic mass is 10.1. The molecule has 96 valence electrons. The maximum absolute atomic E-state index is 8.39. The van der Waals surface area contributed by atoms with Gasteiger partial charge in [0.15, 0.2) is 0 Å². The van der Waals surface area contributed by atoms with Gasteiger partial charge in [-0.3, -0.25) is 5.41 Å². The molecular formula is C17H18N2. The number of unbranched alkanes of at least 4 members (excludes halogenated alkanes) is 1. The van der Waals surface area contributed by atoms with E-state index < -0.39 is 0 Å². The van der Waals surface area contributed by atoms with Crippen molar-refractivity contribution in [2.75, 3.05) is 0 Å². The van der Waals surface area contributed by atoms with E-state index in [4.69, 9.17) is 5.41 Å². The molecule has 3 aromatic rings. The fourth-order valence-corrected chi connectivity index (χ4v) is 2.67. The number of rotatable bonds is 3. The number of para-hydroxylation sites is 2. The molecule has 0 amide bonds. The molecule has 0 aliphatic heterocycles. The van der Waals surface area contributed by atoms with Crippen LogP contribution in [0.15, 0.2) is 48.5 Å². The van der Waals surface area contributed by atoms with Crippen LogP contribution in [-0.4, -0.2) is 4.57 Å². The average Bonchev–Trinajstić information content (AvgIpc) is 2.47.